The highest BCUT2D eigenvalue weighted by Gasteiger charge is 2.15. The van der Waals surface area contributed by atoms with Gasteiger partial charge in [-0.05, 0) is 78.5 Å². The zero-order valence-corrected chi connectivity index (χ0v) is 16.2. The van der Waals surface area contributed by atoms with E-state index in [1.807, 2.05) is 37.3 Å². The van der Waals surface area contributed by atoms with E-state index in [2.05, 4.69) is 56.9 Å². The lowest BCUT2D eigenvalue weighted by Crippen LogP contribution is -2.44. The molecule has 0 saturated carbocycles. The monoisotopic (exact) mass is 435 g/mol. The molecular weight excluding hydrogens is 413 g/mol. The number of carbonyl (C=O) groups is 1. The van der Waals surface area contributed by atoms with Crippen molar-refractivity contribution >= 4 is 39.9 Å². The van der Waals surface area contributed by atoms with Crippen molar-refractivity contribution in [1.82, 2.24) is 4.90 Å². The second-order valence-corrected chi connectivity index (χ2v) is 7.50. The van der Waals surface area contributed by atoms with Gasteiger partial charge in [-0.3, -0.25) is 4.79 Å². The summed E-state index contributed by atoms with van der Waals surface area (Å²) < 4.78 is 1.06. The SMILES string of the molecule is Cc1cc(N2CCN(C)CC2)ccc1NC(=O)c1cccc(I)c1. The number of nitrogens with zero attached hydrogens (tertiary/aromatic N) is 2. The molecule has 0 aromatic heterocycles. The maximum atomic E-state index is 12.4. The molecule has 126 valence electrons. The van der Waals surface area contributed by atoms with Crippen LogP contribution in [0.15, 0.2) is 42.5 Å². The minimum atomic E-state index is -0.0658. The second kappa shape index (κ2) is 7.53. The van der Waals surface area contributed by atoms with Crippen LogP contribution in [-0.2, 0) is 0 Å². The summed E-state index contributed by atoms with van der Waals surface area (Å²) in [5.74, 6) is -0.0658. The van der Waals surface area contributed by atoms with Crippen LogP contribution >= 0.6 is 22.6 Å². The molecule has 0 bridgehead atoms. The van der Waals surface area contributed by atoms with Crippen molar-refractivity contribution in [3.05, 3.63) is 57.2 Å². The molecule has 5 heteroatoms. The summed E-state index contributed by atoms with van der Waals surface area (Å²) in [6, 6.07) is 13.9. The number of benzene rings is 2. The molecule has 1 amide bonds. The Hall–Kier alpha value is -1.60. The van der Waals surface area contributed by atoms with Crippen molar-refractivity contribution < 1.29 is 4.79 Å². The summed E-state index contributed by atoms with van der Waals surface area (Å²) in [6.07, 6.45) is 0. The second-order valence-electron chi connectivity index (χ2n) is 6.25. The number of likely N-dealkylation sites (N-methyl/N-ethyl adjacent to an activating group) is 1. The van der Waals surface area contributed by atoms with E-state index in [9.17, 15) is 4.79 Å². The van der Waals surface area contributed by atoms with Gasteiger partial charge in [0, 0.05) is 46.7 Å². The lowest BCUT2D eigenvalue weighted by atomic mass is 10.1. The highest BCUT2D eigenvalue weighted by Crippen LogP contribution is 2.24. The number of amides is 1. The molecule has 0 spiro atoms. The number of nitrogens with one attached hydrogen (secondary N) is 1. The molecule has 1 heterocycles. The standard InChI is InChI=1S/C19H22IN3O/c1-14-12-17(23-10-8-22(2)9-11-23)6-7-18(14)21-19(24)15-4-3-5-16(20)13-15/h3-7,12-13H,8-11H2,1-2H3,(H,21,24). The van der Waals surface area contributed by atoms with Crippen LogP contribution in [0.4, 0.5) is 11.4 Å². The zero-order valence-electron chi connectivity index (χ0n) is 14.1. The summed E-state index contributed by atoms with van der Waals surface area (Å²) >= 11 is 2.22. The number of halogens is 1. The molecule has 2 aromatic rings. The maximum Gasteiger partial charge on any atom is 0.255 e. The summed E-state index contributed by atoms with van der Waals surface area (Å²) in [7, 11) is 2.16. The van der Waals surface area contributed by atoms with Crippen molar-refractivity contribution in [2.75, 3.05) is 43.4 Å². The largest absolute Gasteiger partial charge is 0.369 e. The fourth-order valence-electron chi connectivity index (χ4n) is 2.87. The lowest BCUT2D eigenvalue weighted by molar-refractivity contribution is 0.102. The first kappa shape index (κ1) is 17.2. The molecule has 1 N–H and O–H groups in total. The van der Waals surface area contributed by atoms with Crippen LogP contribution in [0.5, 0.6) is 0 Å². The maximum absolute atomic E-state index is 12.4. The molecule has 0 unspecified atom stereocenters. The smallest absolute Gasteiger partial charge is 0.255 e. The van der Waals surface area contributed by atoms with Crippen LogP contribution in [0, 0.1) is 10.5 Å². The van der Waals surface area contributed by atoms with Gasteiger partial charge < -0.3 is 15.1 Å². The van der Waals surface area contributed by atoms with Crippen LogP contribution in [0.3, 0.4) is 0 Å². The first-order valence-corrected chi connectivity index (χ1v) is 9.22. The molecule has 1 fully saturated rings. The third kappa shape index (κ3) is 4.08. The van der Waals surface area contributed by atoms with Crippen molar-refractivity contribution in [2.45, 2.75) is 6.92 Å². The Balaban J connectivity index is 1.72. The van der Waals surface area contributed by atoms with Gasteiger partial charge in [0.05, 0.1) is 0 Å². The predicted octanol–water partition coefficient (Wildman–Crippen LogP) is 3.60. The third-order valence-electron chi connectivity index (χ3n) is 4.41. The Morgan fingerprint density at radius 2 is 1.83 bits per heavy atom. The van der Waals surface area contributed by atoms with Crippen LogP contribution in [0.1, 0.15) is 15.9 Å². The van der Waals surface area contributed by atoms with Crippen molar-refractivity contribution in [3.8, 4) is 0 Å². The number of rotatable bonds is 3. The summed E-state index contributed by atoms with van der Waals surface area (Å²) in [5, 5.41) is 3.02. The van der Waals surface area contributed by atoms with Crippen molar-refractivity contribution in [2.24, 2.45) is 0 Å². The van der Waals surface area contributed by atoms with E-state index < -0.39 is 0 Å². The zero-order chi connectivity index (χ0) is 17.1. The normalized spacial score (nSPS) is 15.4. The van der Waals surface area contributed by atoms with Crippen molar-refractivity contribution in [1.29, 1.82) is 0 Å². The van der Waals surface area contributed by atoms with Crippen LogP contribution in [-0.4, -0.2) is 44.0 Å². The molecule has 24 heavy (non-hydrogen) atoms. The average Bonchev–Trinajstić information content (AvgIpc) is 2.57. The minimum Gasteiger partial charge on any atom is -0.369 e. The van der Waals surface area contributed by atoms with Crippen LogP contribution < -0.4 is 10.2 Å². The predicted molar refractivity (Wildman–Crippen MR) is 108 cm³/mol. The summed E-state index contributed by atoms with van der Waals surface area (Å²) in [5.41, 5.74) is 3.87. The van der Waals surface area contributed by atoms with Gasteiger partial charge in [0.25, 0.3) is 5.91 Å². The van der Waals surface area contributed by atoms with E-state index in [1.54, 1.807) is 0 Å². The highest BCUT2D eigenvalue weighted by molar-refractivity contribution is 14.1. The van der Waals surface area contributed by atoms with Gasteiger partial charge in [0.1, 0.15) is 0 Å². The molecule has 2 aromatic carbocycles. The highest BCUT2D eigenvalue weighted by atomic mass is 127. The van der Waals surface area contributed by atoms with Crippen LogP contribution in [0.2, 0.25) is 0 Å². The number of piperazine rings is 1. The Morgan fingerprint density at radius 3 is 2.50 bits per heavy atom. The number of hydrogen-bond acceptors (Lipinski definition) is 3. The molecule has 1 saturated heterocycles. The average molecular weight is 435 g/mol. The van der Waals surface area contributed by atoms with Gasteiger partial charge in [-0.1, -0.05) is 6.07 Å². The Morgan fingerprint density at radius 1 is 1.08 bits per heavy atom. The first-order chi connectivity index (χ1) is 11.5. The number of aryl methyl sites for hydroxylation is 1. The van der Waals surface area contributed by atoms with E-state index >= 15 is 0 Å². The van der Waals surface area contributed by atoms with Gasteiger partial charge >= 0.3 is 0 Å². The molecular formula is C19H22IN3O. The molecule has 0 radical (unpaired) electrons. The molecule has 0 aliphatic carbocycles. The van der Waals surface area contributed by atoms with E-state index in [0.29, 0.717) is 5.56 Å². The fraction of sp³-hybridized carbons (Fsp3) is 0.316. The molecule has 0 atom stereocenters. The van der Waals surface area contributed by atoms with Gasteiger partial charge in [-0.15, -0.1) is 0 Å². The summed E-state index contributed by atoms with van der Waals surface area (Å²) in [6.45, 7) is 6.31. The summed E-state index contributed by atoms with van der Waals surface area (Å²) in [4.78, 5) is 17.2. The van der Waals surface area contributed by atoms with E-state index in [4.69, 9.17) is 0 Å². The topological polar surface area (TPSA) is 35.6 Å². The lowest BCUT2D eigenvalue weighted by Gasteiger charge is -2.34. The third-order valence-corrected chi connectivity index (χ3v) is 5.08. The van der Waals surface area contributed by atoms with Gasteiger partial charge in [0.2, 0.25) is 0 Å². The quantitative estimate of drug-likeness (QED) is 0.749. The van der Waals surface area contributed by atoms with Crippen molar-refractivity contribution in [3.63, 3.8) is 0 Å². The van der Waals surface area contributed by atoms with Gasteiger partial charge in [0.15, 0.2) is 0 Å². The minimum absolute atomic E-state index is 0.0658. The Labute approximate surface area is 157 Å². The van der Waals surface area contributed by atoms with Gasteiger partial charge in [-0.2, -0.15) is 0 Å². The number of hydrogen-bond donors (Lipinski definition) is 1. The molecule has 3 rings (SSSR count). The first-order valence-electron chi connectivity index (χ1n) is 8.14. The molecule has 1 aliphatic heterocycles. The number of carbonyl (C=O) groups excluding carboxylic acids is 1. The number of anilines is 2. The van der Waals surface area contributed by atoms with E-state index in [0.717, 1.165) is 41.0 Å². The van der Waals surface area contributed by atoms with E-state index in [1.165, 1.54) is 5.69 Å². The fourth-order valence-corrected chi connectivity index (χ4v) is 3.42. The Kier molecular flexibility index (Phi) is 5.40. The molecule has 4 nitrogen and oxygen atoms in total. The molecule has 1 aliphatic rings. The Bertz CT molecular complexity index is 739. The van der Waals surface area contributed by atoms with Crippen LogP contribution in [0.25, 0.3) is 0 Å². The van der Waals surface area contributed by atoms with Gasteiger partial charge in [-0.25, -0.2) is 0 Å². The van der Waals surface area contributed by atoms with E-state index in [-0.39, 0.29) is 5.91 Å².